The van der Waals surface area contributed by atoms with E-state index in [0.717, 1.165) is 22.9 Å². The summed E-state index contributed by atoms with van der Waals surface area (Å²) in [6.07, 6.45) is 3.80. The maximum atomic E-state index is 6.30. The van der Waals surface area contributed by atoms with Crippen LogP contribution in [0.5, 0.6) is 0 Å². The molecule has 0 aliphatic rings. The van der Waals surface area contributed by atoms with Gasteiger partial charge in [-0.25, -0.2) is 0 Å². The fourth-order valence-corrected chi connectivity index (χ4v) is 3.90. The lowest BCUT2D eigenvalue weighted by Gasteiger charge is -2.13. The molecule has 1 atom stereocenters. The Balaban J connectivity index is 1.59. The third kappa shape index (κ3) is 3.97. The van der Waals surface area contributed by atoms with Crippen LogP contribution < -0.4 is 0 Å². The molecular formula is C21H24ClN7S. The van der Waals surface area contributed by atoms with Crippen molar-refractivity contribution in [3.05, 3.63) is 74.8 Å². The quantitative estimate of drug-likeness (QED) is 0.438. The summed E-state index contributed by atoms with van der Waals surface area (Å²) in [5, 5.41) is 17.2. The van der Waals surface area contributed by atoms with Crippen LogP contribution in [0, 0.1) is 25.5 Å². The van der Waals surface area contributed by atoms with Crippen molar-refractivity contribution in [1.82, 2.24) is 34.3 Å². The zero-order chi connectivity index (χ0) is 21.4. The number of aromatic amines is 1. The lowest BCUT2D eigenvalue weighted by Crippen LogP contribution is -2.13. The molecule has 7 nitrogen and oxygen atoms in total. The van der Waals surface area contributed by atoms with Crippen molar-refractivity contribution in [2.24, 2.45) is 0 Å². The molecule has 0 radical (unpaired) electrons. The molecule has 0 bridgehead atoms. The van der Waals surface area contributed by atoms with Crippen LogP contribution in [0.1, 0.15) is 41.2 Å². The number of nitrogens with one attached hydrogen (secondary N) is 1. The van der Waals surface area contributed by atoms with Crippen molar-refractivity contribution in [2.75, 3.05) is 0 Å². The molecule has 1 aromatic carbocycles. The fourth-order valence-electron chi connectivity index (χ4n) is 3.52. The van der Waals surface area contributed by atoms with Crippen LogP contribution in [-0.4, -0.2) is 34.3 Å². The van der Waals surface area contributed by atoms with Gasteiger partial charge in [-0.15, -0.1) is 0 Å². The molecule has 0 spiro atoms. The minimum atomic E-state index is 0.0625. The molecule has 0 amide bonds. The normalized spacial score (nSPS) is 12.4. The standard InChI is InChI=1S/C21H24ClN7S/c1-13-5-7-17(8-6-13)11-27-12-18(9-23-27)29-20(24-25-21(29)30)14(2)10-28-16(4)19(22)15(3)26-28/h5-9,12,14H,10-11H2,1-4H3,(H,25,30)/t14-/m1/s1. The van der Waals surface area contributed by atoms with E-state index in [9.17, 15) is 0 Å². The summed E-state index contributed by atoms with van der Waals surface area (Å²) in [6.45, 7) is 9.41. The van der Waals surface area contributed by atoms with Crippen molar-refractivity contribution in [1.29, 1.82) is 0 Å². The van der Waals surface area contributed by atoms with Crippen LogP contribution in [0.3, 0.4) is 0 Å². The predicted molar refractivity (Wildman–Crippen MR) is 120 cm³/mol. The van der Waals surface area contributed by atoms with Crippen molar-refractivity contribution in [3.8, 4) is 5.69 Å². The van der Waals surface area contributed by atoms with E-state index in [-0.39, 0.29) is 5.92 Å². The number of aromatic nitrogens is 7. The zero-order valence-electron chi connectivity index (χ0n) is 17.4. The predicted octanol–water partition coefficient (Wildman–Crippen LogP) is 4.75. The maximum absolute atomic E-state index is 6.30. The first-order chi connectivity index (χ1) is 14.3. The third-order valence-corrected chi connectivity index (χ3v) is 6.04. The van der Waals surface area contributed by atoms with Crippen LogP contribution >= 0.6 is 23.8 Å². The highest BCUT2D eigenvalue weighted by Crippen LogP contribution is 2.24. The Labute approximate surface area is 185 Å². The van der Waals surface area contributed by atoms with Crippen LogP contribution in [0.25, 0.3) is 5.69 Å². The summed E-state index contributed by atoms with van der Waals surface area (Å²) in [5.74, 6) is 0.894. The van der Waals surface area contributed by atoms with Crippen LogP contribution in [0.15, 0.2) is 36.7 Å². The van der Waals surface area contributed by atoms with Crippen molar-refractivity contribution in [3.63, 3.8) is 0 Å². The largest absolute Gasteiger partial charge is 0.269 e. The average Bonchev–Trinajstić information content (AvgIpc) is 3.39. The number of hydrogen-bond acceptors (Lipinski definition) is 4. The molecule has 9 heteroatoms. The number of H-pyrrole nitrogens is 1. The average molecular weight is 442 g/mol. The monoisotopic (exact) mass is 441 g/mol. The lowest BCUT2D eigenvalue weighted by molar-refractivity contribution is 0.506. The van der Waals surface area contributed by atoms with Gasteiger partial charge < -0.3 is 0 Å². The van der Waals surface area contributed by atoms with Gasteiger partial charge in [0.1, 0.15) is 5.82 Å². The van der Waals surface area contributed by atoms with E-state index >= 15 is 0 Å². The summed E-state index contributed by atoms with van der Waals surface area (Å²) in [6, 6.07) is 8.45. The molecule has 30 heavy (non-hydrogen) atoms. The Morgan fingerprint density at radius 1 is 1.17 bits per heavy atom. The molecule has 3 aromatic heterocycles. The van der Waals surface area contributed by atoms with Gasteiger partial charge in [0, 0.05) is 12.1 Å². The van der Waals surface area contributed by atoms with Gasteiger partial charge in [0.25, 0.3) is 0 Å². The molecule has 4 aromatic rings. The molecule has 0 unspecified atom stereocenters. The molecule has 0 fully saturated rings. The molecule has 0 aliphatic carbocycles. The van der Waals surface area contributed by atoms with Crippen LogP contribution in [-0.2, 0) is 13.1 Å². The molecule has 0 aliphatic heterocycles. The van der Waals surface area contributed by atoms with Gasteiger partial charge >= 0.3 is 0 Å². The number of nitrogens with zero attached hydrogens (tertiary/aromatic N) is 6. The highest BCUT2D eigenvalue weighted by molar-refractivity contribution is 7.71. The number of aryl methyl sites for hydroxylation is 2. The maximum Gasteiger partial charge on any atom is 0.199 e. The van der Waals surface area contributed by atoms with E-state index in [2.05, 4.69) is 58.5 Å². The Morgan fingerprint density at radius 3 is 2.57 bits per heavy atom. The first kappa shape index (κ1) is 20.6. The minimum absolute atomic E-state index is 0.0625. The molecule has 3 heterocycles. The Morgan fingerprint density at radius 2 is 1.90 bits per heavy atom. The highest BCUT2D eigenvalue weighted by atomic mass is 35.5. The number of benzene rings is 1. The molecule has 0 saturated carbocycles. The second-order valence-corrected chi connectivity index (χ2v) is 8.44. The van der Waals surface area contributed by atoms with Gasteiger partial charge in [-0.2, -0.15) is 15.3 Å². The first-order valence-corrected chi connectivity index (χ1v) is 10.6. The van der Waals surface area contributed by atoms with Gasteiger partial charge in [-0.1, -0.05) is 48.4 Å². The van der Waals surface area contributed by atoms with Crippen LogP contribution in [0.2, 0.25) is 5.02 Å². The highest BCUT2D eigenvalue weighted by Gasteiger charge is 2.19. The van der Waals surface area contributed by atoms with Gasteiger partial charge in [0.05, 0.1) is 41.4 Å². The van der Waals surface area contributed by atoms with Crippen molar-refractivity contribution >= 4 is 23.8 Å². The van der Waals surface area contributed by atoms with Gasteiger partial charge in [0.15, 0.2) is 4.77 Å². The minimum Gasteiger partial charge on any atom is -0.269 e. The second-order valence-electron chi connectivity index (χ2n) is 7.67. The van der Waals surface area contributed by atoms with Gasteiger partial charge in [-0.3, -0.25) is 19.0 Å². The van der Waals surface area contributed by atoms with E-state index < -0.39 is 0 Å². The van der Waals surface area contributed by atoms with Gasteiger partial charge in [0.2, 0.25) is 0 Å². The number of halogens is 1. The van der Waals surface area contributed by atoms with E-state index in [1.807, 2.05) is 40.2 Å². The molecule has 0 saturated heterocycles. The summed E-state index contributed by atoms with van der Waals surface area (Å²) < 4.78 is 6.30. The number of rotatable bonds is 6. The Kier molecular flexibility index (Phi) is 5.62. The first-order valence-electron chi connectivity index (χ1n) is 9.78. The Hall–Kier alpha value is -2.71. The third-order valence-electron chi connectivity index (χ3n) is 5.22. The SMILES string of the molecule is Cc1ccc(Cn2cc(-n3c([C@H](C)Cn4nc(C)c(Cl)c4C)n[nH]c3=S)cn2)cc1. The molecule has 1 N–H and O–H groups in total. The summed E-state index contributed by atoms with van der Waals surface area (Å²) in [7, 11) is 0. The number of hydrogen-bond donors (Lipinski definition) is 1. The molecule has 156 valence electrons. The second kappa shape index (κ2) is 8.20. The van der Waals surface area contributed by atoms with E-state index in [1.165, 1.54) is 11.1 Å². The summed E-state index contributed by atoms with van der Waals surface area (Å²) >= 11 is 11.8. The van der Waals surface area contributed by atoms with Crippen LogP contribution in [0.4, 0.5) is 0 Å². The lowest BCUT2D eigenvalue weighted by atomic mass is 10.1. The van der Waals surface area contributed by atoms with E-state index in [0.29, 0.717) is 22.9 Å². The van der Waals surface area contributed by atoms with Crippen molar-refractivity contribution < 1.29 is 0 Å². The topological polar surface area (TPSA) is 69.2 Å². The summed E-state index contributed by atoms with van der Waals surface area (Å²) in [5.41, 5.74) is 5.10. The summed E-state index contributed by atoms with van der Waals surface area (Å²) in [4.78, 5) is 0. The molecule has 4 rings (SSSR count). The fraction of sp³-hybridized carbons (Fsp3) is 0.333. The Bertz CT molecular complexity index is 1230. The van der Waals surface area contributed by atoms with E-state index in [4.69, 9.17) is 23.8 Å². The van der Waals surface area contributed by atoms with Gasteiger partial charge in [-0.05, 0) is 38.6 Å². The smallest absolute Gasteiger partial charge is 0.199 e. The van der Waals surface area contributed by atoms with Crippen molar-refractivity contribution in [2.45, 2.75) is 46.7 Å². The zero-order valence-corrected chi connectivity index (χ0v) is 19.0. The van der Waals surface area contributed by atoms with E-state index in [1.54, 1.807) is 0 Å². The molecular weight excluding hydrogens is 418 g/mol.